The van der Waals surface area contributed by atoms with Crippen molar-refractivity contribution in [2.75, 3.05) is 52.8 Å². The van der Waals surface area contributed by atoms with Crippen molar-refractivity contribution in [3.8, 4) is 0 Å². The Hall–Kier alpha value is -2.94. The molecule has 3 aliphatic heterocycles. The minimum absolute atomic E-state index is 0.107. The summed E-state index contributed by atoms with van der Waals surface area (Å²) in [5.41, 5.74) is 1.01. The number of pyridine rings is 1. The van der Waals surface area contributed by atoms with Crippen molar-refractivity contribution in [2.24, 2.45) is 0 Å². The molecular weight excluding hydrogens is 358 g/mol. The Kier molecular flexibility index (Phi) is 4.23. The van der Waals surface area contributed by atoms with Gasteiger partial charge in [-0.2, -0.15) is 0 Å². The number of rotatable bonds is 2. The normalized spacial score (nSPS) is 23.5. The largest absolute Gasteiger partial charge is 0.375 e. The van der Waals surface area contributed by atoms with Crippen LogP contribution in [0.1, 0.15) is 13.3 Å². The molecule has 2 atom stereocenters. The molecular formula is C19H23N7O2. The van der Waals surface area contributed by atoms with E-state index in [2.05, 4.69) is 38.1 Å². The molecule has 0 aliphatic carbocycles. The third kappa shape index (κ3) is 3.01. The maximum absolute atomic E-state index is 13.1. The van der Waals surface area contributed by atoms with Crippen molar-refractivity contribution in [2.45, 2.75) is 25.5 Å². The number of fused-ring (bicyclic) bond motifs is 4. The van der Waals surface area contributed by atoms with Gasteiger partial charge in [-0.1, -0.05) is 0 Å². The number of ether oxygens (including phenoxy) is 1. The summed E-state index contributed by atoms with van der Waals surface area (Å²) in [7, 11) is 0. The van der Waals surface area contributed by atoms with Crippen molar-refractivity contribution >= 4 is 29.2 Å². The van der Waals surface area contributed by atoms with Gasteiger partial charge in [0.2, 0.25) is 0 Å². The van der Waals surface area contributed by atoms with Gasteiger partial charge in [0.15, 0.2) is 11.6 Å². The highest BCUT2D eigenvalue weighted by molar-refractivity contribution is 6.04. The summed E-state index contributed by atoms with van der Waals surface area (Å²) < 4.78 is 5.65. The third-order valence-corrected chi connectivity index (χ3v) is 5.52. The summed E-state index contributed by atoms with van der Waals surface area (Å²) in [4.78, 5) is 32.5. The molecule has 2 bridgehead atoms. The van der Waals surface area contributed by atoms with Crippen LogP contribution in [0.15, 0.2) is 30.7 Å². The number of urea groups is 1. The minimum atomic E-state index is -0.215. The predicted molar refractivity (Wildman–Crippen MR) is 106 cm³/mol. The molecule has 0 aromatic carbocycles. The number of aromatic nitrogens is 3. The number of nitrogens with zero attached hydrogens (tertiary/aromatic N) is 6. The van der Waals surface area contributed by atoms with E-state index < -0.39 is 0 Å². The number of hydrogen-bond donors (Lipinski definition) is 1. The first-order valence-corrected chi connectivity index (χ1v) is 9.68. The highest BCUT2D eigenvalue weighted by Crippen LogP contribution is 2.40. The second-order valence-corrected chi connectivity index (χ2v) is 7.42. The van der Waals surface area contributed by atoms with Crippen LogP contribution in [0.3, 0.4) is 0 Å². The summed E-state index contributed by atoms with van der Waals surface area (Å²) in [5.74, 6) is 2.04. The lowest BCUT2D eigenvalue weighted by Crippen LogP contribution is -2.49. The number of carbonyl (C=O) groups excluding carboxylic acids is 1. The lowest BCUT2D eigenvalue weighted by atomic mass is 10.2. The van der Waals surface area contributed by atoms with Crippen molar-refractivity contribution < 1.29 is 9.53 Å². The van der Waals surface area contributed by atoms with E-state index in [0.717, 1.165) is 44.1 Å². The van der Waals surface area contributed by atoms with Crippen LogP contribution in [0.4, 0.5) is 27.9 Å². The van der Waals surface area contributed by atoms with Gasteiger partial charge in [0, 0.05) is 38.6 Å². The van der Waals surface area contributed by atoms with E-state index in [1.165, 1.54) is 0 Å². The molecule has 1 N–H and O–H groups in total. The molecule has 9 heteroatoms. The molecule has 2 aromatic heterocycles. The highest BCUT2D eigenvalue weighted by Gasteiger charge is 2.40. The van der Waals surface area contributed by atoms with Gasteiger partial charge < -0.3 is 14.5 Å². The highest BCUT2D eigenvalue weighted by atomic mass is 16.5. The van der Waals surface area contributed by atoms with Crippen molar-refractivity contribution in [1.29, 1.82) is 0 Å². The Labute approximate surface area is 163 Å². The lowest BCUT2D eigenvalue weighted by molar-refractivity contribution is 0.0529. The van der Waals surface area contributed by atoms with Crippen molar-refractivity contribution in [1.82, 2.24) is 15.0 Å². The van der Waals surface area contributed by atoms with Gasteiger partial charge in [-0.3, -0.25) is 15.2 Å². The van der Waals surface area contributed by atoms with E-state index in [0.29, 0.717) is 18.2 Å². The summed E-state index contributed by atoms with van der Waals surface area (Å²) in [6, 6.07) is 4.03. The molecule has 0 spiro atoms. The smallest absolute Gasteiger partial charge is 0.329 e. The fourth-order valence-electron chi connectivity index (χ4n) is 4.20. The Morgan fingerprint density at radius 2 is 2.14 bits per heavy atom. The Morgan fingerprint density at radius 1 is 1.21 bits per heavy atom. The van der Waals surface area contributed by atoms with E-state index in [4.69, 9.17) is 9.72 Å². The Balaban J connectivity index is 1.47. The zero-order valence-corrected chi connectivity index (χ0v) is 15.8. The predicted octanol–water partition coefficient (Wildman–Crippen LogP) is 1.73. The molecule has 2 saturated heterocycles. The first-order valence-electron chi connectivity index (χ1n) is 9.68. The van der Waals surface area contributed by atoms with Crippen molar-refractivity contribution in [3.05, 3.63) is 30.7 Å². The maximum Gasteiger partial charge on any atom is 0.329 e. The van der Waals surface area contributed by atoms with Crippen LogP contribution in [0.25, 0.3) is 0 Å². The number of nitrogens with one attached hydrogen (secondary N) is 1. The fourth-order valence-corrected chi connectivity index (χ4v) is 4.20. The second-order valence-electron chi connectivity index (χ2n) is 7.42. The summed E-state index contributed by atoms with van der Waals surface area (Å²) >= 11 is 0. The van der Waals surface area contributed by atoms with Gasteiger partial charge in [0.05, 0.1) is 30.6 Å². The topological polar surface area (TPSA) is 86.7 Å². The van der Waals surface area contributed by atoms with Crippen LogP contribution < -0.4 is 20.0 Å². The standard InChI is InChI=1S/C19H23N7O2/c1-13-11-25(8-9-28-13)17-3-2-15-18(23-17)26(14-4-7-24(15)12-14)19(27)22-16-10-20-5-6-21-16/h2-3,5-6,10,13-14H,4,7-9,11-12H2,1H3,(H,21,22,27). The van der Waals surface area contributed by atoms with E-state index in [9.17, 15) is 4.79 Å². The van der Waals surface area contributed by atoms with Crippen LogP contribution in [-0.4, -0.2) is 65.9 Å². The fraction of sp³-hybridized carbons (Fsp3) is 0.474. The first kappa shape index (κ1) is 17.2. The first-order chi connectivity index (χ1) is 13.7. The van der Waals surface area contributed by atoms with Crippen LogP contribution in [0.2, 0.25) is 0 Å². The number of amides is 2. The van der Waals surface area contributed by atoms with E-state index in [1.807, 2.05) is 6.07 Å². The average Bonchev–Trinajstić information content (AvgIpc) is 3.13. The molecule has 2 unspecified atom stereocenters. The molecule has 2 aromatic rings. The molecule has 5 rings (SSSR count). The minimum Gasteiger partial charge on any atom is -0.375 e. The van der Waals surface area contributed by atoms with Crippen molar-refractivity contribution in [3.63, 3.8) is 0 Å². The van der Waals surface area contributed by atoms with Gasteiger partial charge >= 0.3 is 6.03 Å². The van der Waals surface area contributed by atoms with Gasteiger partial charge in [-0.05, 0) is 25.5 Å². The molecule has 28 heavy (non-hydrogen) atoms. The number of hydrogen-bond acceptors (Lipinski definition) is 7. The molecule has 2 fully saturated rings. The summed E-state index contributed by atoms with van der Waals surface area (Å²) in [5, 5.41) is 2.86. The van der Waals surface area contributed by atoms with Crippen LogP contribution in [0.5, 0.6) is 0 Å². The molecule has 0 saturated carbocycles. The van der Waals surface area contributed by atoms with Crippen LogP contribution >= 0.6 is 0 Å². The molecule has 2 amide bonds. The second kappa shape index (κ2) is 6.90. The molecule has 0 radical (unpaired) electrons. The van der Waals surface area contributed by atoms with Gasteiger partial charge in [0.1, 0.15) is 5.82 Å². The van der Waals surface area contributed by atoms with Crippen LogP contribution in [0, 0.1) is 0 Å². The zero-order valence-electron chi connectivity index (χ0n) is 15.8. The number of carbonyl (C=O) groups is 1. The Morgan fingerprint density at radius 3 is 2.96 bits per heavy atom. The number of morpholine rings is 1. The van der Waals surface area contributed by atoms with Gasteiger partial charge in [0.25, 0.3) is 0 Å². The quantitative estimate of drug-likeness (QED) is 0.848. The zero-order chi connectivity index (χ0) is 19.1. The van der Waals surface area contributed by atoms with Gasteiger partial charge in [-0.25, -0.2) is 14.8 Å². The average molecular weight is 381 g/mol. The van der Waals surface area contributed by atoms with E-state index in [1.54, 1.807) is 23.5 Å². The summed E-state index contributed by atoms with van der Waals surface area (Å²) in [6.07, 6.45) is 5.78. The van der Waals surface area contributed by atoms with Gasteiger partial charge in [-0.15, -0.1) is 0 Å². The third-order valence-electron chi connectivity index (χ3n) is 5.52. The molecule has 3 aliphatic rings. The SMILES string of the molecule is CC1CN(c2ccc3c(n2)N(C(=O)Nc2cnccn2)C2CCN3C2)CCO1. The monoisotopic (exact) mass is 381 g/mol. The molecule has 9 nitrogen and oxygen atoms in total. The molecule has 146 valence electrons. The summed E-state index contributed by atoms with van der Waals surface area (Å²) in [6.45, 7) is 6.11. The van der Waals surface area contributed by atoms with Crippen LogP contribution in [-0.2, 0) is 4.74 Å². The maximum atomic E-state index is 13.1. The number of anilines is 4. The van der Waals surface area contributed by atoms with E-state index in [-0.39, 0.29) is 18.2 Å². The van der Waals surface area contributed by atoms with E-state index >= 15 is 0 Å². The Bertz CT molecular complexity index is 878. The lowest BCUT2D eigenvalue weighted by Gasteiger charge is -2.37. The molecule has 5 heterocycles.